The molecule has 1 aliphatic heterocycles. The lowest BCUT2D eigenvalue weighted by Crippen LogP contribution is -2.30. The Kier molecular flexibility index (Phi) is 2.52. The maximum absolute atomic E-state index is 13.3. The molecule has 0 atom stereocenters. The van der Waals surface area contributed by atoms with Crippen molar-refractivity contribution in [2.75, 3.05) is 0 Å². The Bertz CT molecular complexity index is 858. The number of hydrogen-bond donors (Lipinski definition) is 2. The second-order valence-electron chi connectivity index (χ2n) is 4.03. The molecule has 0 amide bonds. The zero-order valence-electron chi connectivity index (χ0n) is 9.89. The van der Waals surface area contributed by atoms with Gasteiger partial charge in [0.1, 0.15) is 0 Å². The van der Waals surface area contributed by atoms with Crippen molar-refractivity contribution < 1.29 is 27.8 Å². The number of rotatable bonds is 1. The quantitative estimate of drug-likeness (QED) is 0.808. The highest BCUT2D eigenvalue weighted by molar-refractivity contribution is 5.51. The van der Waals surface area contributed by atoms with Crippen molar-refractivity contribution in [1.82, 2.24) is 9.55 Å². The highest BCUT2D eigenvalue weighted by Crippen LogP contribution is 2.41. The molecule has 3 rings (SSSR count). The van der Waals surface area contributed by atoms with Gasteiger partial charge in [0, 0.05) is 6.07 Å². The van der Waals surface area contributed by atoms with Gasteiger partial charge in [-0.15, -0.1) is 8.78 Å². The van der Waals surface area contributed by atoms with Crippen molar-refractivity contribution >= 4 is 0 Å². The van der Waals surface area contributed by atoms with E-state index in [4.69, 9.17) is 0 Å². The molecule has 2 aromatic rings. The summed E-state index contributed by atoms with van der Waals surface area (Å²) < 4.78 is 47.8. The Labute approximate surface area is 112 Å². The van der Waals surface area contributed by atoms with E-state index in [-0.39, 0.29) is 11.4 Å². The van der Waals surface area contributed by atoms with Crippen LogP contribution in [0.4, 0.5) is 13.2 Å². The van der Waals surface area contributed by atoms with Gasteiger partial charge in [-0.05, 0) is 12.1 Å². The van der Waals surface area contributed by atoms with E-state index in [0.29, 0.717) is 4.57 Å². The minimum absolute atomic E-state index is 0.201. The van der Waals surface area contributed by atoms with Crippen molar-refractivity contribution in [2.24, 2.45) is 0 Å². The normalized spacial score (nSPS) is 15.2. The number of fused-ring (bicyclic) bond motifs is 1. The molecule has 2 N–H and O–H groups in total. The fourth-order valence-corrected chi connectivity index (χ4v) is 1.82. The number of aromatic amines is 1. The van der Waals surface area contributed by atoms with Gasteiger partial charge in [0.25, 0.3) is 5.56 Å². The van der Waals surface area contributed by atoms with E-state index < -0.39 is 35.0 Å². The van der Waals surface area contributed by atoms with E-state index in [0.717, 1.165) is 18.2 Å². The highest BCUT2D eigenvalue weighted by atomic mass is 19.3. The molecule has 1 aliphatic rings. The first-order chi connectivity index (χ1) is 9.78. The predicted molar refractivity (Wildman–Crippen MR) is 60.5 cm³/mol. The van der Waals surface area contributed by atoms with Gasteiger partial charge in [-0.3, -0.25) is 9.78 Å². The van der Waals surface area contributed by atoms with Crippen LogP contribution >= 0.6 is 0 Å². The summed E-state index contributed by atoms with van der Waals surface area (Å²) in [6, 6.07) is 3.07. The van der Waals surface area contributed by atoms with E-state index in [9.17, 15) is 27.9 Å². The molecule has 0 saturated carbocycles. The van der Waals surface area contributed by atoms with Gasteiger partial charge >= 0.3 is 12.0 Å². The van der Waals surface area contributed by atoms with Crippen LogP contribution in [0.25, 0.3) is 5.69 Å². The van der Waals surface area contributed by atoms with Crippen LogP contribution in [0.5, 0.6) is 17.4 Å². The summed E-state index contributed by atoms with van der Waals surface area (Å²) in [6.45, 7) is 0. The van der Waals surface area contributed by atoms with Gasteiger partial charge in [-0.25, -0.2) is 9.36 Å². The number of halogens is 3. The third kappa shape index (κ3) is 2.00. The molecular formula is C11H5F3N2O5. The molecule has 0 radical (unpaired) electrons. The van der Waals surface area contributed by atoms with Gasteiger partial charge in [0.05, 0.1) is 5.69 Å². The van der Waals surface area contributed by atoms with Crippen LogP contribution in [0.2, 0.25) is 0 Å². The highest BCUT2D eigenvalue weighted by Gasteiger charge is 2.43. The molecular weight excluding hydrogens is 297 g/mol. The third-order valence-corrected chi connectivity index (χ3v) is 2.67. The number of H-pyrrole nitrogens is 1. The van der Waals surface area contributed by atoms with Crippen molar-refractivity contribution in [2.45, 2.75) is 6.29 Å². The maximum Gasteiger partial charge on any atom is 0.586 e. The summed E-state index contributed by atoms with van der Waals surface area (Å²) in [5.41, 5.74) is -2.75. The van der Waals surface area contributed by atoms with Gasteiger partial charge in [-0.2, -0.15) is 4.39 Å². The largest absolute Gasteiger partial charge is 0.586 e. The standard InChI is InChI=1S/C11H5F3N2O5/c12-7-8(17)15-10(19)16(9(7)18)4-1-2-5-6(3-4)21-11(13,14)20-5/h1-3,18H,(H,15,17,19). The number of ether oxygens (including phenoxy) is 2. The molecule has 0 fully saturated rings. The summed E-state index contributed by atoms with van der Waals surface area (Å²) in [5, 5.41) is 9.51. The van der Waals surface area contributed by atoms with Crippen LogP contribution in [-0.2, 0) is 0 Å². The molecule has 7 nitrogen and oxygen atoms in total. The smallest absolute Gasteiger partial charge is 0.492 e. The zero-order valence-corrected chi connectivity index (χ0v) is 9.89. The van der Waals surface area contributed by atoms with E-state index in [1.807, 2.05) is 0 Å². The van der Waals surface area contributed by atoms with Crippen molar-refractivity contribution in [1.29, 1.82) is 0 Å². The van der Waals surface area contributed by atoms with Crippen LogP contribution < -0.4 is 20.7 Å². The van der Waals surface area contributed by atoms with Crippen LogP contribution in [0.1, 0.15) is 0 Å². The summed E-state index contributed by atoms with van der Waals surface area (Å²) in [7, 11) is 0. The molecule has 110 valence electrons. The minimum atomic E-state index is -3.86. The average molecular weight is 302 g/mol. The van der Waals surface area contributed by atoms with Crippen molar-refractivity contribution in [3.05, 3.63) is 44.9 Å². The summed E-state index contributed by atoms with van der Waals surface area (Å²) in [4.78, 5) is 24.2. The molecule has 1 aromatic carbocycles. The fourth-order valence-electron chi connectivity index (χ4n) is 1.82. The number of alkyl halides is 2. The maximum atomic E-state index is 13.3. The first kappa shape index (κ1) is 13.1. The molecule has 1 aromatic heterocycles. The lowest BCUT2D eigenvalue weighted by molar-refractivity contribution is -0.286. The van der Waals surface area contributed by atoms with E-state index >= 15 is 0 Å². The van der Waals surface area contributed by atoms with Gasteiger partial charge < -0.3 is 14.6 Å². The number of aromatic hydroxyl groups is 1. The van der Waals surface area contributed by atoms with Crippen LogP contribution in [0, 0.1) is 5.82 Å². The zero-order chi connectivity index (χ0) is 15.4. The number of aromatic nitrogens is 2. The first-order valence-corrected chi connectivity index (χ1v) is 5.42. The Morgan fingerprint density at radius 2 is 1.86 bits per heavy atom. The lowest BCUT2D eigenvalue weighted by atomic mass is 10.2. The topological polar surface area (TPSA) is 93.6 Å². The predicted octanol–water partition coefficient (Wildman–Crippen LogP) is 0.692. The van der Waals surface area contributed by atoms with E-state index in [1.54, 1.807) is 4.98 Å². The first-order valence-electron chi connectivity index (χ1n) is 5.42. The molecule has 2 heterocycles. The second kappa shape index (κ2) is 4.04. The van der Waals surface area contributed by atoms with E-state index in [2.05, 4.69) is 9.47 Å². The number of hydrogen-bond acceptors (Lipinski definition) is 5. The van der Waals surface area contributed by atoms with Gasteiger partial charge in [0.2, 0.25) is 11.7 Å². The Morgan fingerprint density at radius 1 is 1.19 bits per heavy atom. The molecule has 21 heavy (non-hydrogen) atoms. The molecule has 0 bridgehead atoms. The number of benzene rings is 1. The molecule has 0 spiro atoms. The fraction of sp³-hybridized carbons (Fsp3) is 0.0909. The molecule has 0 aliphatic carbocycles. The van der Waals surface area contributed by atoms with Gasteiger partial charge in [-0.1, -0.05) is 0 Å². The molecule has 0 saturated heterocycles. The second-order valence-corrected chi connectivity index (χ2v) is 4.03. The van der Waals surface area contributed by atoms with Crippen LogP contribution in [-0.4, -0.2) is 21.0 Å². The van der Waals surface area contributed by atoms with E-state index in [1.165, 1.54) is 0 Å². The minimum Gasteiger partial charge on any atom is -0.492 e. The Morgan fingerprint density at radius 3 is 2.57 bits per heavy atom. The number of nitrogens with one attached hydrogen (secondary N) is 1. The summed E-state index contributed by atoms with van der Waals surface area (Å²) in [5.74, 6) is -3.54. The molecule has 0 unspecified atom stereocenters. The van der Waals surface area contributed by atoms with Crippen LogP contribution in [0.3, 0.4) is 0 Å². The summed E-state index contributed by atoms with van der Waals surface area (Å²) in [6.07, 6.45) is -3.86. The lowest BCUT2D eigenvalue weighted by Gasteiger charge is -2.08. The van der Waals surface area contributed by atoms with Crippen LogP contribution in [0.15, 0.2) is 27.8 Å². The van der Waals surface area contributed by atoms with Gasteiger partial charge in [0.15, 0.2) is 11.5 Å². The Hall–Kier alpha value is -2.91. The monoisotopic (exact) mass is 302 g/mol. The average Bonchev–Trinajstić information content (AvgIpc) is 2.69. The third-order valence-electron chi connectivity index (χ3n) is 2.67. The Balaban J connectivity index is 2.19. The molecule has 10 heteroatoms. The SMILES string of the molecule is O=c1[nH]c(=O)n(-c2ccc3c(c2)OC(F)(F)O3)c(O)c1F. The number of nitrogens with zero attached hydrogens (tertiary/aromatic N) is 1. The van der Waals surface area contributed by atoms with Crippen molar-refractivity contribution in [3.63, 3.8) is 0 Å². The van der Waals surface area contributed by atoms with Crippen molar-refractivity contribution in [3.8, 4) is 23.1 Å². The summed E-state index contributed by atoms with van der Waals surface area (Å²) >= 11 is 0.